The van der Waals surface area contributed by atoms with Gasteiger partial charge in [-0.15, -0.1) is 0 Å². The summed E-state index contributed by atoms with van der Waals surface area (Å²) in [6, 6.07) is 16.0. The lowest BCUT2D eigenvalue weighted by molar-refractivity contribution is 0.0903. The lowest BCUT2D eigenvalue weighted by Gasteiger charge is -2.45. The zero-order valence-electron chi connectivity index (χ0n) is 18.9. The van der Waals surface area contributed by atoms with E-state index in [1.165, 1.54) is 16.8 Å². The lowest BCUT2D eigenvalue weighted by atomic mass is 9.70. The second-order valence-corrected chi connectivity index (χ2v) is 9.32. The van der Waals surface area contributed by atoms with E-state index < -0.39 is 0 Å². The molecule has 2 aromatic carbocycles. The van der Waals surface area contributed by atoms with Crippen molar-refractivity contribution in [2.75, 3.05) is 14.1 Å². The van der Waals surface area contributed by atoms with Crippen LogP contribution < -0.4 is 0 Å². The molecule has 0 atom stereocenters. The van der Waals surface area contributed by atoms with E-state index in [-0.39, 0.29) is 11.4 Å². The number of nitrogens with zero attached hydrogens (tertiary/aromatic N) is 3. The number of hydrogen-bond acceptors (Lipinski definition) is 2. The van der Waals surface area contributed by atoms with Crippen molar-refractivity contribution in [3.63, 3.8) is 0 Å². The first kappa shape index (κ1) is 21.0. The molecule has 4 aromatic rings. The lowest BCUT2D eigenvalue weighted by Crippen LogP contribution is -2.44. The standard InChI is InChI=1S/C27H31FN4/c1-31(2)27(21-6-4-3-5-7-21)13-10-20(11-14-27)26-23(12-16-32-17-15-29-19-32)24-18-22(28)8-9-25(24)30-26/h3-9,15,17-20,30H,10-14,16H2,1-2H3. The summed E-state index contributed by atoms with van der Waals surface area (Å²) in [7, 11) is 4.41. The quantitative estimate of drug-likeness (QED) is 0.416. The monoisotopic (exact) mass is 430 g/mol. The van der Waals surface area contributed by atoms with Crippen molar-refractivity contribution in [2.45, 2.75) is 50.1 Å². The minimum absolute atomic E-state index is 0.0762. The number of nitrogens with one attached hydrogen (secondary N) is 1. The SMILES string of the molecule is CN(C)C1(c2ccccc2)CCC(c2[nH]c3ccc(F)cc3c2CCn2ccnc2)CC1. The van der Waals surface area contributed by atoms with E-state index in [0.717, 1.165) is 49.6 Å². The normalized spacial score (nSPS) is 21.4. The van der Waals surface area contributed by atoms with Crippen molar-refractivity contribution >= 4 is 10.9 Å². The van der Waals surface area contributed by atoms with Gasteiger partial charge in [0.2, 0.25) is 0 Å². The molecule has 4 nitrogen and oxygen atoms in total. The summed E-state index contributed by atoms with van der Waals surface area (Å²) in [5, 5.41) is 1.02. The van der Waals surface area contributed by atoms with Gasteiger partial charge in [0.1, 0.15) is 5.82 Å². The molecule has 1 N–H and O–H groups in total. The van der Waals surface area contributed by atoms with Crippen LogP contribution >= 0.6 is 0 Å². The zero-order valence-corrected chi connectivity index (χ0v) is 18.9. The van der Waals surface area contributed by atoms with Crippen LogP contribution in [0.15, 0.2) is 67.3 Å². The number of fused-ring (bicyclic) bond motifs is 1. The van der Waals surface area contributed by atoms with Crippen LogP contribution in [0.2, 0.25) is 0 Å². The number of rotatable bonds is 6. The van der Waals surface area contributed by atoms with Gasteiger partial charge in [-0.1, -0.05) is 30.3 Å². The van der Waals surface area contributed by atoms with Gasteiger partial charge in [-0.2, -0.15) is 0 Å². The fraction of sp³-hybridized carbons (Fsp3) is 0.370. The van der Waals surface area contributed by atoms with Gasteiger partial charge in [0.05, 0.1) is 6.33 Å². The second kappa shape index (κ2) is 8.55. The first-order valence-corrected chi connectivity index (χ1v) is 11.6. The molecule has 0 spiro atoms. The molecule has 1 saturated carbocycles. The minimum Gasteiger partial charge on any atom is -0.358 e. The average molecular weight is 431 g/mol. The molecule has 32 heavy (non-hydrogen) atoms. The number of benzene rings is 2. The Morgan fingerprint density at radius 2 is 1.91 bits per heavy atom. The molecule has 0 aliphatic heterocycles. The topological polar surface area (TPSA) is 36.9 Å². The van der Waals surface area contributed by atoms with Crippen molar-refractivity contribution < 1.29 is 4.39 Å². The number of aromatic nitrogens is 3. The Bertz CT molecular complexity index is 1170. The Kier molecular flexibility index (Phi) is 5.60. The number of hydrogen-bond donors (Lipinski definition) is 1. The van der Waals surface area contributed by atoms with Crippen LogP contribution in [0.1, 0.15) is 48.4 Å². The van der Waals surface area contributed by atoms with E-state index in [1.807, 2.05) is 18.6 Å². The summed E-state index contributed by atoms with van der Waals surface area (Å²) < 4.78 is 16.2. The van der Waals surface area contributed by atoms with E-state index in [4.69, 9.17) is 0 Å². The molecule has 0 unspecified atom stereocenters. The highest BCUT2D eigenvalue weighted by Crippen LogP contribution is 2.47. The van der Waals surface area contributed by atoms with Crippen molar-refractivity contribution in [3.8, 4) is 0 Å². The number of aromatic amines is 1. The van der Waals surface area contributed by atoms with Gasteiger partial charge in [-0.05, 0) is 81.4 Å². The Balaban J connectivity index is 1.45. The van der Waals surface area contributed by atoms with Crippen LogP contribution in [0, 0.1) is 5.82 Å². The van der Waals surface area contributed by atoms with Crippen LogP contribution in [0.4, 0.5) is 4.39 Å². The number of H-pyrrole nitrogens is 1. The molecule has 166 valence electrons. The third kappa shape index (κ3) is 3.75. The zero-order chi connectivity index (χ0) is 22.1. The third-order valence-electron chi connectivity index (χ3n) is 7.47. The van der Waals surface area contributed by atoms with E-state index >= 15 is 0 Å². The van der Waals surface area contributed by atoms with E-state index in [1.54, 1.807) is 18.3 Å². The highest BCUT2D eigenvalue weighted by molar-refractivity contribution is 5.85. The molecule has 0 bridgehead atoms. The molecule has 1 aliphatic carbocycles. The maximum Gasteiger partial charge on any atom is 0.123 e. The van der Waals surface area contributed by atoms with Crippen LogP contribution in [-0.4, -0.2) is 33.5 Å². The molecular formula is C27H31FN4. The van der Waals surface area contributed by atoms with Crippen molar-refractivity contribution in [1.82, 2.24) is 19.4 Å². The largest absolute Gasteiger partial charge is 0.358 e. The van der Waals surface area contributed by atoms with Crippen molar-refractivity contribution in [3.05, 3.63) is 89.9 Å². The Morgan fingerprint density at radius 1 is 1.12 bits per heavy atom. The highest BCUT2D eigenvalue weighted by atomic mass is 19.1. The van der Waals surface area contributed by atoms with Crippen LogP contribution in [-0.2, 0) is 18.5 Å². The van der Waals surface area contributed by atoms with Gasteiger partial charge in [-0.25, -0.2) is 9.37 Å². The fourth-order valence-electron chi connectivity index (χ4n) is 5.64. The number of imidazole rings is 1. The summed E-state index contributed by atoms with van der Waals surface area (Å²) in [5.74, 6) is 0.284. The average Bonchev–Trinajstić information content (AvgIpc) is 3.46. The van der Waals surface area contributed by atoms with Crippen molar-refractivity contribution in [2.24, 2.45) is 0 Å². The molecule has 1 fully saturated rings. The first-order valence-electron chi connectivity index (χ1n) is 11.6. The molecule has 5 rings (SSSR count). The molecule has 2 heterocycles. The molecule has 5 heteroatoms. The Morgan fingerprint density at radius 3 is 2.59 bits per heavy atom. The summed E-state index contributed by atoms with van der Waals surface area (Å²) in [4.78, 5) is 10.2. The molecule has 0 amide bonds. The summed E-state index contributed by atoms with van der Waals surface area (Å²) >= 11 is 0. The molecule has 1 aliphatic rings. The predicted molar refractivity (Wildman–Crippen MR) is 127 cm³/mol. The third-order valence-corrected chi connectivity index (χ3v) is 7.47. The second-order valence-electron chi connectivity index (χ2n) is 9.32. The number of aryl methyl sites for hydroxylation is 2. The summed E-state index contributed by atoms with van der Waals surface area (Å²) in [6.07, 6.45) is 11.0. The van der Waals surface area contributed by atoms with Gasteiger partial charge >= 0.3 is 0 Å². The van der Waals surface area contributed by atoms with Crippen LogP contribution in [0.3, 0.4) is 0 Å². The van der Waals surface area contributed by atoms with Gasteiger partial charge in [0.15, 0.2) is 0 Å². The van der Waals surface area contributed by atoms with Gasteiger partial charge in [-0.3, -0.25) is 4.90 Å². The van der Waals surface area contributed by atoms with E-state index in [9.17, 15) is 4.39 Å². The fourth-order valence-corrected chi connectivity index (χ4v) is 5.64. The molecule has 0 saturated heterocycles. The first-order chi connectivity index (χ1) is 15.6. The van der Waals surface area contributed by atoms with E-state index in [2.05, 4.69) is 63.9 Å². The smallest absolute Gasteiger partial charge is 0.123 e. The molecular weight excluding hydrogens is 399 g/mol. The van der Waals surface area contributed by atoms with Crippen LogP contribution in [0.5, 0.6) is 0 Å². The maximum atomic E-state index is 14.1. The summed E-state index contributed by atoms with van der Waals surface area (Å²) in [5.41, 5.74) is 5.07. The minimum atomic E-state index is -0.175. The number of halogens is 1. The summed E-state index contributed by atoms with van der Waals surface area (Å²) in [6.45, 7) is 0.842. The van der Waals surface area contributed by atoms with Gasteiger partial charge < -0.3 is 9.55 Å². The van der Waals surface area contributed by atoms with Gasteiger partial charge in [0, 0.05) is 41.1 Å². The highest BCUT2D eigenvalue weighted by Gasteiger charge is 2.39. The van der Waals surface area contributed by atoms with Gasteiger partial charge in [0.25, 0.3) is 0 Å². The molecule has 2 aromatic heterocycles. The molecule has 0 radical (unpaired) electrons. The van der Waals surface area contributed by atoms with Crippen LogP contribution in [0.25, 0.3) is 10.9 Å². The predicted octanol–water partition coefficient (Wildman–Crippen LogP) is 5.86. The maximum absolute atomic E-state index is 14.1. The Hall–Kier alpha value is -2.92. The Labute approximate surface area is 189 Å². The van der Waals surface area contributed by atoms with E-state index in [0.29, 0.717) is 5.92 Å². The van der Waals surface area contributed by atoms with Crippen molar-refractivity contribution in [1.29, 1.82) is 0 Å².